The van der Waals surface area contributed by atoms with E-state index in [9.17, 15) is 0 Å². The molecule has 6 N–H and O–H groups in total. The van der Waals surface area contributed by atoms with E-state index < -0.39 is 21.8 Å². The Morgan fingerprint density at radius 1 is 0.727 bits per heavy atom. The standard InChI is InChI=1S/3C2H5O.H3N.Zr/c3*1-2-3;;/h3*3H,1-2H2;1H3;. The van der Waals surface area contributed by atoms with Crippen molar-refractivity contribution in [3.63, 3.8) is 0 Å². The van der Waals surface area contributed by atoms with E-state index in [1.807, 2.05) is 0 Å². The summed E-state index contributed by atoms with van der Waals surface area (Å²) in [7, 11) is 0. The molecule has 11 heavy (non-hydrogen) atoms. The van der Waals surface area contributed by atoms with Gasteiger partial charge in [-0.05, 0) is 0 Å². The van der Waals surface area contributed by atoms with Crippen molar-refractivity contribution < 1.29 is 37.1 Å². The van der Waals surface area contributed by atoms with Crippen LogP contribution in [0.4, 0.5) is 0 Å². The molecule has 0 rings (SSSR count). The van der Waals surface area contributed by atoms with Crippen LogP contribution in [-0.4, -0.2) is 35.1 Å². The number of aliphatic hydroxyl groups is 3. The minimum atomic E-state index is -1.51. The summed E-state index contributed by atoms with van der Waals surface area (Å²) in [4.78, 5) is 0. The maximum atomic E-state index is 8.58. The Labute approximate surface area is 75.5 Å². The molecule has 0 aliphatic carbocycles. The van der Waals surface area contributed by atoms with Crippen LogP contribution in [0.25, 0.3) is 0 Å². The van der Waals surface area contributed by atoms with Crippen molar-refractivity contribution in [3.8, 4) is 0 Å². The molecule has 0 aromatic heterocycles. The zero-order chi connectivity index (χ0) is 7.82. The number of rotatable bonds is 6. The van der Waals surface area contributed by atoms with Crippen molar-refractivity contribution in [2.75, 3.05) is 19.8 Å². The van der Waals surface area contributed by atoms with Crippen LogP contribution in [0, 0.1) is 0 Å². The van der Waals surface area contributed by atoms with Gasteiger partial charge in [0.1, 0.15) is 0 Å². The molecule has 0 aromatic carbocycles. The third kappa shape index (κ3) is 8.63. The molecular weight excluding hydrogens is 225 g/mol. The van der Waals surface area contributed by atoms with E-state index in [0.717, 1.165) is 12.4 Å². The number of aliphatic hydroxyl groups excluding tert-OH is 3. The van der Waals surface area contributed by atoms with Crippen molar-refractivity contribution in [1.29, 1.82) is 0 Å². The van der Waals surface area contributed by atoms with Gasteiger partial charge in [-0.3, -0.25) is 0 Å². The monoisotopic (exact) mass is 242 g/mol. The fourth-order valence-corrected chi connectivity index (χ4v) is 5.02. The molecule has 69 valence electrons. The van der Waals surface area contributed by atoms with Crippen LogP contribution in [0.15, 0.2) is 0 Å². The Hall–Kier alpha value is 0.723. The molecule has 5 heteroatoms. The first-order valence-electron chi connectivity index (χ1n) is 3.51. The van der Waals surface area contributed by atoms with Gasteiger partial charge in [0.25, 0.3) is 0 Å². The van der Waals surface area contributed by atoms with Crippen LogP contribution < -0.4 is 6.15 Å². The predicted octanol–water partition coefficient (Wildman–Crippen LogP) is -0.00160. The van der Waals surface area contributed by atoms with E-state index in [1.54, 1.807) is 0 Å². The van der Waals surface area contributed by atoms with Gasteiger partial charge in [0.2, 0.25) is 0 Å². The van der Waals surface area contributed by atoms with E-state index >= 15 is 0 Å². The summed E-state index contributed by atoms with van der Waals surface area (Å²) in [5, 5.41) is 25.7. The van der Waals surface area contributed by atoms with Crippen molar-refractivity contribution >= 4 is 0 Å². The molecule has 4 nitrogen and oxygen atoms in total. The fraction of sp³-hybridized carbons (Fsp3) is 1.00. The molecule has 0 aromatic rings. The maximum absolute atomic E-state index is 8.58. The molecule has 0 atom stereocenters. The normalized spacial score (nSPS) is 9.00. The zero-order valence-corrected chi connectivity index (χ0v) is 9.25. The quantitative estimate of drug-likeness (QED) is 0.528. The number of hydrogen-bond acceptors (Lipinski definition) is 4. The molecule has 0 unspecified atom stereocenters. The molecule has 0 aliphatic rings. The molecule has 0 fully saturated rings. The summed E-state index contributed by atoms with van der Waals surface area (Å²) in [5.74, 6) is 0. The Bertz CT molecular complexity index is 60.6. The summed E-state index contributed by atoms with van der Waals surface area (Å²) >= 11 is -1.51. The Morgan fingerprint density at radius 2 is 1.00 bits per heavy atom. The molecule has 0 saturated carbocycles. The third-order valence-corrected chi connectivity index (χ3v) is 8.26. The Balaban J connectivity index is 0. The van der Waals surface area contributed by atoms with Crippen LogP contribution in [0.5, 0.6) is 0 Å². The first-order chi connectivity index (χ1) is 4.85. The fourth-order valence-electron chi connectivity index (χ4n) is 0.849. The SMILES string of the molecule is N.OC[CH2][Zr]([CH2]CO)[CH2]CO. The van der Waals surface area contributed by atoms with Crippen LogP contribution >= 0.6 is 0 Å². The molecule has 0 amide bonds. The van der Waals surface area contributed by atoms with Crippen LogP contribution in [-0.2, 0) is 21.8 Å². The van der Waals surface area contributed by atoms with Gasteiger partial charge >= 0.3 is 69.3 Å². The van der Waals surface area contributed by atoms with Crippen molar-refractivity contribution in [1.82, 2.24) is 6.15 Å². The van der Waals surface area contributed by atoms with E-state index in [2.05, 4.69) is 0 Å². The van der Waals surface area contributed by atoms with Crippen LogP contribution in [0.1, 0.15) is 0 Å². The van der Waals surface area contributed by atoms with Gasteiger partial charge in [-0.15, -0.1) is 0 Å². The molecular formula is C6H18NO3Zr. The van der Waals surface area contributed by atoms with E-state index in [-0.39, 0.29) is 26.0 Å². The van der Waals surface area contributed by atoms with Gasteiger partial charge in [-0.1, -0.05) is 0 Å². The molecule has 0 bridgehead atoms. The van der Waals surface area contributed by atoms with Gasteiger partial charge in [0, 0.05) is 0 Å². The van der Waals surface area contributed by atoms with Crippen LogP contribution in [0.3, 0.4) is 0 Å². The van der Waals surface area contributed by atoms with E-state index in [1.165, 1.54) is 0 Å². The Morgan fingerprint density at radius 3 is 1.18 bits per heavy atom. The molecule has 0 heterocycles. The topological polar surface area (TPSA) is 95.7 Å². The average Bonchev–Trinajstić information content (AvgIpc) is 1.90. The van der Waals surface area contributed by atoms with Gasteiger partial charge < -0.3 is 6.15 Å². The van der Waals surface area contributed by atoms with E-state index in [0.29, 0.717) is 0 Å². The van der Waals surface area contributed by atoms with Gasteiger partial charge in [0.15, 0.2) is 0 Å². The summed E-state index contributed by atoms with van der Waals surface area (Å²) in [6, 6.07) is 0. The van der Waals surface area contributed by atoms with Gasteiger partial charge in [0.05, 0.1) is 0 Å². The van der Waals surface area contributed by atoms with Crippen molar-refractivity contribution in [2.24, 2.45) is 0 Å². The second kappa shape index (κ2) is 10.7. The number of hydrogen-bond donors (Lipinski definition) is 4. The van der Waals surface area contributed by atoms with E-state index in [4.69, 9.17) is 15.3 Å². The second-order valence-electron chi connectivity index (χ2n) is 2.17. The predicted molar refractivity (Wildman–Crippen MR) is 40.7 cm³/mol. The summed E-state index contributed by atoms with van der Waals surface area (Å²) in [6.45, 7) is 0.693. The second-order valence-corrected chi connectivity index (χ2v) is 9.54. The van der Waals surface area contributed by atoms with Crippen molar-refractivity contribution in [3.05, 3.63) is 0 Å². The zero-order valence-electron chi connectivity index (χ0n) is 6.79. The Kier molecular flexibility index (Phi) is 13.9. The summed E-state index contributed by atoms with van der Waals surface area (Å²) in [6.07, 6.45) is 0. The van der Waals surface area contributed by atoms with Crippen LogP contribution in [0.2, 0.25) is 12.4 Å². The molecule has 0 spiro atoms. The average molecular weight is 243 g/mol. The molecule has 0 aliphatic heterocycles. The first kappa shape index (κ1) is 14.3. The van der Waals surface area contributed by atoms with Gasteiger partial charge in [-0.25, -0.2) is 0 Å². The van der Waals surface area contributed by atoms with Crippen molar-refractivity contribution in [2.45, 2.75) is 12.4 Å². The minimum absolute atomic E-state index is 0. The first-order valence-corrected chi connectivity index (χ1v) is 8.72. The van der Waals surface area contributed by atoms with Gasteiger partial charge in [-0.2, -0.15) is 0 Å². The summed E-state index contributed by atoms with van der Waals surface area (Å²) in [5.41, 5.74) is 0. The molecule has 0 saturated heterocycles. The molecule has 0 radical (unpaired) electrons. The third-order valence-electron chi connectivity index (χ3n) is 1.40. The summed E-state index contributed by atoms with van der Waals surface area (Å²) < 4.78 is 2.64.